The average molecular weight is 360 g/mol. The lowest BCUT2D eigenvalue weighted by Crippen LogP contribution is -1.97. The summed E-state index contributed by atoms with van der Waals surface area (Å²) in [5.74, 6) is 1.84. The van der Waals surface area contributed by atoms with Gasteiger partial charge in [0.15, 0.2) is 11.0 Å². The summed E-state index contributed by atoms with van der Waals surface area (Å²) >= 11 is 1.70. The van der Waals surface area contributed by atoms with Crippen molar-refractivity contribution in [2.24, 2.45) is 7.05 Å². The van der Waals surface area contributed by atoms with Gasteiger partial charge in [-0.15, -0.1) is 10.2 Å². The van der Waals surface area contributed by atoms with E-state index in [4.69, 9.17) is 4.98 Å². The van der Waals surface area contributed by atoms with Crippen LogP contribution in [-0.4, -0.2) is 25.5 Å². The highest BCUT2D eigenvalue weighted by atomic mass is 32.2. The topological polar surface area (TPSA) is 43.6 Å². The van der Waals surface area contributed by atoms with Crippen molar-refractivity contribution in [1.29, 1.82) is 0 Å². The first-order chi connectivity index (χ1) is 12.7. The summed E-state index contributed by atoms with van der Waals surface area (Å²) in [5.41, 5.74) is 5.32. The summed E-state index contributed by atoms with van der Waals surface area (Å²) in [5, 5.41) is 10.8. The number of aryl methyl sites for hydroxylation is 1. The summed E-state index contributed by atoms with van der Waals surface area (Å²) in [7, 11) is 2.02. The van der Waals surface area contributed by atoms with Gasteiger partial charge in [-0.3, -0.25) is 0 Å². The molecule has 0 amide bonds. The Balaban J connectivity index is 1.94. The maximum absolute atomic E-state index is 4.87. The summed E-state index contributed by atoms with van der Waals surface area (Å²) in [6.45, 7) is 4.21. The lowest BCUT2D eigenvalue weighted by molar-refractivity contribution is 0.794. The molecule has 2 heterocycles. The summed E-state index contributed by atoms with van der Waals surface area (Å²) in [4.78, 5) is 4.87. The first kappa shape index (κ1) is 16.8. The van der Waals surface area contributed by atoms with Crippen molar-refractivity contribution >= 4 is 22.7 Å². The lowest BCUT2D eigenvalue weighted by Gasteiger charge is -2.10. The number of para-hydroxylation sites is 1. The molecule has 0 atom stereocenters. The average Bonchev–Trinajstić information content (AvgIpc) is 3.02. The predicted molar refractivity (Wildman–Crippen MR) is 108 cm³/mol. The van der Waals surface area contributed by atoms with Crippen molar-refractivity contribution in [2.45, 2.75) is 19.0 Å². The summed E-state index contributed by atoms with van der Waals surface area (Å²) in [6, 6.07) is 18.8. The molecule has 0 aliphatic heterocycles. The maximum Gasteiger partial charge on any atom is 0.191 e. The zero-order chi connectivity index (χ0) is 18.1. The minimum atomic E-state index is 0.868. The molecule has 4 nitrogen and oxygen atoms in total. The molecular formula is C21H20N4S. The highest BCUT2D eigenvalue weighted by Gasteiger charge is 2.16. The molecule has 0 spiro atoms. The number of fused-ring (bicyclic) bond motifs is 1. The number of benzene rings is 2. The van der Waals surface area contributed by atoms with Crippen molar-refractivity contribution in [3.05, 3.63) is 60.2 Å². The molecule has 0 bridgehead atoms. The van der Waals surface area contributed by atoms with Crippen LogP contribution in [-0.2, 0) is 7.05 Å². The Morgan fingerprint density at radius 3 is 2.54 bits per heavy atom. The normalized spacial score (nSPS) is 11.2. The molecule has 0 N–H and O–H groups in total. The van der Waals surface area contributed by atoms with Gasteiger partial charge in [0.2, 0.25) is 0 Å². The first-order valence-corrected chi connectivity index (χ1v) is 9.65. The van der Waals surface area contributed by atoms with Gasteiger partial charge in [0.1, 0.15) is 0 Å². The van der Waals surface area contributed by atoms with Crippen LogP contribution in [0.1, 0.15) is 12.5 Å². The molecule has 2 aromatic heterocycles. The first-order valence-electron chi connectivity index (χ1n) is 8.66. The van der Waals surface area contributed by atoms with Crippen LogP contribution in [0.2, 0.25) is 0 Å². The molecule has 4 rings (SSSR count). The van der Waals surface area contributed by atoms with Crippen LogP contribution >= 0.6 is 11.8 Å². The smallest absolute Gasteiger partial charge is 0.191 e. The van der Waals surface area contributed by atoms with E-state index < -0.39 is 0 Å². The monoisotopic (exact) mass is 360 g/mol. The maximum atomic E-state index is 4.87. The van der Waals surface area contributed by atoms with Crippen LogP contribution in [0.25, 0.3) is 33.5 Å². The Morgan fingerprint density at radius 1 is 1.00 bits per heavy atom. The zero-order valence-electron chi connectivity index (χ0n) is 15.1. The Labute approximate surface area is 157 Å². The Kier molecular flexibility index (Phi) is 4.47. The number of pyridine rings is 1. The SMILES string of the molecule is CCSc1nnc(-c2cc(-c3ccc(C)cc3)nc3ccccc23)n1C. The zero-order valence-corrected chi connectivity index (χ0v) is 15.9. The third-order valence-electron chi connectivity index (χ3n) is 4.41. The standard InChI is InChI=1S/C21H20N4S/c1-4-26-21-24-23-20(25(21)3)17-13-19(15-11-9-14(2)10-12-15)22-18-8-6-5-7-16(17)18/h5-13H,4H2,1-3H3. The molecule has 0 aliphatic carbocycles. The van der Waals surface area contributed by atoms with Crippen LogP contribution < -0.4 is 0 Å². The van der Waals surface area contributed by atoms with E-state index in [1.54, 1.807) is 11.8 Å². The fourth-order valence-electron chi connectivity index (χ4n) is 3.04. The molecule has 0 saturated carbocycles. The van der Waals surface area contributed by atoms with Crippen LogP contribution in [0.3, 0.4) is 0 Å². The molecular weight excluding hydrogens is 340 g/mol. The Hall–Kier alpha value is -2.66. The van der Waals surface area contributed by atoms with Crippen molar-refractivity contribution in [2.75, 3.05) is 5.75 Å². The van der Waals surface area contributed by atoms with E-state index in [0.717, 1.165) is 44.5 Å². The number of hydrogen-bond acceptors (Lipinski definition) is 4. The molecule has 2 aromatic carbocycles. The van der Waals surface area contributed by atoms with Crippen LogP contribution in [0, 0.1) is 6.92 Å². The highest BCUT2D eigenvalue weighted by Crippen LogP contribution is 2.32. The van der Waals surface area contributed by atoms with Crippen LogP contribution in [0.15, 0.2) is 59.8 Å². The van der Waals surface area contributed by atoms with Crippen LogP contribution in [0.5, 0.6) is 0 Å². The molecule has 0 aliphatic rings. The largest absolute Gasteiger partial charge is 0.305 e. The van der Waals surface area contributed by atoms with Crippen molar-refractivity contribution < 1.29 is 0 Å². The molecule has 130 valence electrons. The van der Waals surface area contributed by atoms with E-state index >= 15 is 0 Å². The van der Waals surface area contributed by atoms with E-state index in [-0.39, 0.29) is 0 Å². The molecule has 26 heavy (non-hydrogen) atoms. The van der Waals surface area contributed by atoms with E-state index in [2.05, 4.69) is 71.1 Å². The Bertz CT molecular complexity index is 1070. The molecule has 0 unspecified atom stereocenters. The van der Waals surface area contributed by atoms with Gasteiger partial charge >= 0.3 is 0 Å². The lowest BCUT2D eigenvalue weighted by atomic mass is 10.0. The minimum absolute atomic E-state index is 0.868. The number of nitrogens with zero attached hydrogens (tertiary/aromatic N) is 4. The van der Waals surface area contributed by atoms with E-state index in [1.165, 1.54) is 5.56 Å². The highest BCUT2D eigenvalue weighted by molar-refractivity contribution is 7.99. The second kappa shape index (κ2) is 6.92. The van der Waals surface area contributed by atoms with Gasteiger partial charge in [-0.2, -0.15) is 0 Å². The molecule has 5 heteroatoms. The van der Waals surface area contributed by atoms with Crippen LogP contribution in [0.4, 0.5) is 0 Å². The van der Waals surface area contributed by atoms with Gasteiger partial charge in [-0.05, 0) is 24.8 Å². The number of hydrogen-bond donors (Lipinski definition) is 0. The molecule has 0 fully saturated rings. The predicted octanol–water partition coefficient (Wildman–Crippen LogP) is 5.12. The van der Waals surface area contributed by atoms with Crippen molar-refractivity contribution in [3.8, 4) is 22.6 Å². The van der Waals surface area contributed by atoms with Crippen molar-refractivity contribution in [3.63, 3.8) is 0 Å². The van der Waals surface area contributed by atoms with Gasteiger partial charge in [0.05, 0.1) is 11.2 Å². The second-order valence-corrected chi connectivity index (χ2v) is 7.47. The summed E-state index contributed by atoms with van der Waals surface area (Å²) in [6.07, 6.45) is 0. The fourth-order valence-corrected chi connectivity index (χ4v) is 3.67. The minimum Gasteiger partial charge on any atom is -0.305 e. The van der Waals surface area contributed by atoms with Gasteiger partial charge in [0.25, 0.3) is 0 Å². The van der Waals surface area contributed by atoms with Crippen molar-refractivity contribution in [1.82, 2.24) is 19.7 Å². The number of aromatic nitrogens is 4. The van der Waals surface area contributed by atoms with E-state index in [9.17, 15) is 0 Å². The fraction of sp³-hybridized carbons (Fsp3) is 0.190. The quantitative estimate of drug-likeness (QED) is 0.474. The second-order valence-electron chi connectivity index (χ2n) is 6.24. The van der Waals surface area contributed by atoms with Gasteiger partial charge in [-0.25, -0.2) is 4.98 Å². The number of rotatable bonds is 4. The van der Waals surface area contributed by atoms with Gasteiger partial charge in [-0.1, -0.05) is 66.7 Å². The summed E-state index contributed by atoms with van der Waals surface area (Å²) < 4.78 is 2.06. The molecule has 4 aromatic rings. The Morgan fingerprint density at radius 2 is 1.77 bits per heavy atom. The van der Waals surface area contributed by atoms with E-state index in [0.29, 0.717) is 0 Å². The number of thioether (sulfide) groups is 1. The molecule has 0 radical (unpaired) electrons. The van der Waals surface area contributed by atoms with Gasteiger partial charge in [0, 0.05) is 23.6 Å². The third-order valence-corrected chi connectivity index (χ3v) is 5.32. The van der Waals surface area contributed by atoms with E-state index in [1.807, 2.05) is 19.2 Å². The third kappa shape index (κ3) is 2.99. The van der Waals surface area contributed by atoms with Gasteiger partial charge < -0.3 is 4.57 Å². The molecule has 0 saturated heterocycles.